The van der Waals surface area contributed by atoms with Gasteiger partial charge in [-0.3, -0.25) is 9.59 Å². The summed E-state index contributed by atoms with van der Waals surface area (Å²) in [6.45, 7) is -4.22. The van der Waals surface area contributed by atoms with Gasteiger partial charge in [-0.1, -0.05) is 0 Å². The van der Waals surface area contributed by atoms with E-state index in [1.807, 2.05) is 0 Å². The van der Waals surface area contributed by atoms with Crippen LogP contribution in [0.1, 0.15) is 72.3 Å². The predicted molar refractivity (Wildman–Crippen MR) is 183 cm³/mol. The molecule has 0 bridgehead atoms. The van der Waals surface area contributed by atoms with Gasteiger partial charge in [0.1, 0.15) is 11.1 Å². The number of carbonyl (C=O) groups excluding carboxylic acids is 2. The van der Waals surface area contributed by atoms with E-state index in [0.29, 0.717) is 44.1 Å². The summed E-state index contributed by atoms with van der Waals surface area (Å²) in [4.78, 5) is 50.5. The van der Waals surface area contributed by atoms with Crippen molar-refractivity contribution < 1.29 is 72.1 Å². The summed E-state index contributed by atoms with van der Waals surface area (Å²) in [7, 11) is -4.31. The van der Waals surface area contributed by atoms with E-state index in [4.69, 9.17) is 9.47 Å². The summed E-state index contributed by atoms with van der Waals surface area (Å²) in [5, 5.41) is -1.78. The van der Waals surface area contributed by atoms with E-state index in [0.717, 1.165) is 16.3 Å². The molecule has 4 aromatic rings. The van der Waals surface area contributed by atoms with Crippen LogP contribution in [0.5, 0.6) is 11.5 Å². The summed E-state index contributed by atoms with van der Waals surface area (Å²) in [5.41, 5.74) is -4.42. The molecule has 304 valence electrons. The second kappa shape index (κ2) is 16.3. The lowest BCUT2D eigenvalue weighted by Crippen LogP contribution is -2.28. The minimum Gasteiger partial charge on any atom is -0.462 e. The van der Waals surface area contributed by atoms with Crippen LogP contribution < -0.4 is 20.3 Å². The topological polar surface area (TPSA) is 149 Å². The SMILES string of the molecule is CCOC(=O)c1c(S(C)(=O)=O)n(C2CC2)c2c(OC(F)F)c(F)c(F)cc2c1=O.CCOC(=O)c1c(SC)n(C2CC2)c2c(OC(F)F)c(F)c(F)cc2c1=O. The van der Waals surface area contributed by atoms with E-state index >= 15 is 0 Å². The lowest BCUT2D eigenvalue weighted by atomic mass is 10.1. The van der Waals surface area contributed by atoms with Crippen LogP contribution in [0.2, 0.25) is 0 Å². The van der Waals surface area contributed by atoms with E-state index in [1.165, 1.54) is 11.5 Å². The van der Waals surface area contributed by atoms with Crippen molar-refractivity contribution in [1.29, 1.82) is 0 Å². The number of fused-ring (bicyclic) bond motifs is 2. The molecule has 22 heteroatoms. The van der Waals surface area contributed by atoms with Gasteiger partial charge in [0.15, 0.2) is 38.0 Å². The molecule has 2 heterocycles. The number of alkyl halides is 4. The maximum absolute atomic E-state index is 14.3. The average molecular weight is 843 g/mol. The van der Waals surface area contributed by atoms with Crippen molar-refractivity contribution in [2.24, 2.45) is 0 Å². The zero-order chi connectivity index (χ0) is 41.5. The molecule has 0 spiro atoms. The van der Waals surface area contributed by atoms with E-state index in [2.05, 4.69) is 9.47 Å². The molecule has 12 nitrogen and oxygen atoms in total. The zero-order valence-electron chi connectivity index (χ0n) is 29.5. The molecule has 0 unspecified atom stereocenters. The van der Waals surface area contributed by atoms with E-state index in [1.54, 1.807) is 13.2 Å². The number of rotatable bonds is 12. The Kier molecular flexibility index (Phi) is 12.3. The Morgan fingerprint density at radius 3 is 1.52 bits per heavy atom. The van der Waals surface area contributed by atoms with E-state index < -0.39 is 114 Å². The Bertz CT molecular complexity index is 2480. The number of ether oxygens (including phenoxy) is 4. The smallest absolute Gasteiger partial charge is 0.387 e. The van der Waals surface area contributed by atoms with Crippen LogP contribution in [-0.4, -0.2) is 68.4 Å². The van der Waals surface area contributed by atoms with Gasteiger partial charge in [0.2, 0.25) is 22.5 Å². The standard InChI is InChI=1S/C17H15F4NO6S.C17H15F4NO4S/c1-3-27-16(24)10-13(23)8-6-9(18)11(19)14(28-17(20)21)12(8)22(7-4-5-7)15(10)29(2,25)26;1-3-25-16(24)10-13(23)8-6-9(18)11(19)14(26-17(20)21)12(8)22(7-4-5-7)15(10)27-2/h6-7,17H,3-5H2,1-2H3;6-7,17H,3-5H2,1-2H3. The number of esters is 2. The minimum atomic E-state index is -4.31. The number of carbonyl (C=O) groups is 2. The van der Waals surface area contributed by atoms with Gasteiger partial charge in [0.25, 0.3) is 0 Å². The molecular formula is C34H30F8N2O10S2. The van der Waals surface area contributed by atoms with Gasteiger partial charge in [-0.15, -0.1) is 11.8 Å². The number of hydrogen-bond donors (Lipinski definition) is 0. The molecule has 0 saturated heterocycles. The first-order valence-electron chi connectivity index (χ1n) is 16.5. The van der Waals surface area contributed by atoms with Crippen LogP contribution in [0.15, 0.2) is 31.8 Å². The molecule has 2 aliphatic rings. The maximum atomic E-state index is 14.3. The number of thioether (sulfide) groups is 1. The van der Waals surface area contributed by atoms with Crippen LogP contribution >= 0.6 is 11.8 Å². The minimum absolute atomic E-state index is 0.00504. The monoisotopic (exact) mass is 842 g/mol. The molecule has 0 radical (unpaired) electrons. The molecular weight excluding hydrogens is 812 g/mol. The summed E-state index contributed by atoms with van der Waals surface area (Å²) < 4.78 is 153. The second-order valence-corrected chi connectivity index (χ2v) is 14.9. The summed E-state index contributed by atoms with van der Waals surface area (Å²) in [6, 6.07) is 0.102. The van der Waals surface area contributed by atoms with Crippen molar-refractivity contribution in [1.82, 2.24) is 9.13 Å². The van der Waals surface area contributed by atoms with E-state index in [9.17, 15) is 62.7 Å². The van der Waals surface area contributed by atoms with Gasteiger partial charge in [0, 0.05) is 18.3 Å². The average Bonchev–Trinajstić information content (AvgIpc) is 4.04. The number of benzene rings is 2. The van der Waals surface area contributed by atoms with Crippen molar-refractivity contribution in [2.45, 2.75) is 74.9 Å². The number of nitrogens with zero attached hydrogens (tertiary/aromatic N) is 2. The molecule has 0 N–H and O–H groups in total. The van der Waals surface area contributed by atoms with Gasteiger partial charge in [-0.2, -0.15) is 26.3 Å². The lowest BCUT2D eigenvalue weighted by molar-refractivity contribution is -0.0522. The molecule has 2 aromatic carbocycles. The Hall–Kier alpha value is -4.86. The highest BCUT2D eigenvalue weighted by atomic mass is 32.2. The Morgan fingerprint density at radius 2 is 1.14 bits per heavy atom. The normalized spacial score (nSPS) is 14.2. The fourth-order valence-electron chi connectivity index (χ4n) is 6.00. The fraction of sp³-hybridized carbons (Fsp3) is 0.412. The van der Waals surface area contributed by atoms with Crippen molar-refractivity contribution in [3.05, 3.63) is 67.0 Å². The highest BCUT2D eigenvalue weighted by Gasteiger charge is 2.39. The quantitative estimate of drug-likeness (QED) is 0.0832. The number of halogens is 8. The maximum Gasteiger partial charge on any atom is 0.387 e. The molecule has 2 fully saturated rings. The Morgan fingerprint density at radius 1 is 0.750 bits per heavy atom. The number of hydrogen-bond acceptors (Lipinski definition) is 11. The molecule has 0 aliphatic heterocycles. The summed E-state index contributed by atoms with van der Waals surface area (Å²) in [6.07, 6.45) is 4.24. The highest BCUT2D eigenvalue weighted by molar-refractivity contribution is 7.98. The third kappa shape index (κ3) is 8.02. The Balaban J connectivity index is 0.000000215. The van der Waals surface area contributed by atoms with Crippen molar-refractivity contribution >= 4 is 55.3 Å². The van der Waals surface area contributed by atoms with Gasteiger partial charge >= 0.3 is 25.2 Å². The second-order valence-electron chi connectivity index (χ2n) is 12.2. The van der Waals surface area contributed by atoms with Crippen LogP contribution in [0, 0.1) is 23.3 Å². The first kappa shape index (κ1) is 42.3. The van der Waals surface area contributed by atoms with Gasteiger partial charge in [-0.05, 0) is 57.9 Å². The largest absolute Gasteiger partial charge is 0.462 e. The van der Waals surface area contributed by atoms with Crippen LogP contribution in [0.4, 0.5) is 35.1 Å². The van der Waals surface area contributed by atoms with Crippen LogP contribution in [-0.2, 0) is 19.3 Å². The van der Waals surface area contributed by atoms with Gasteiger partial charge in [-0.25, -0.2) is 26.8 Å². The third-order valence-electron chi connectivity index (χ3n) is 8.33. The molecule has 0 amide bonds. The zero-order valence-corrected chi connectivity index (χ0v) is 31.2. The molecule has 56 heavy (non-hydrogen) atoms. The first-order chi connectivity index (χ1) is 26.3. The van der Waals surface area contributed by atoms with Crippen molar-refractivity contribution in [3.63, 3.8) is 0 Å². The number of aromatic nitrogens is 2. The summed E-state index contributed by atoms with van der Waals surface area (Å²) >= 11 is 1.01. The van der Waals surface area contributed by atoms with Crippen LogP contribution in [0.3, 0.4) is 0 Å². The fourth-order valence-corrected chi connectivity index (χ4v) is 7.97. The number of sulfone groups is 1. The molecule has 6 rings (SSSR count). The number of pyridine rings is 2. The highest BCUT2D eigenvalue weighted by Crippen LogP contribution is 2.45. The van der Waals surface area contributed by atoms with Crippen LogP contribution in [0.25, 0.3) is 21.8 Å². The van der Waals surface area contributed by atoms with Gasteiger partial charge < -0.3 is 28.1 Å². The third-order valence-corrected chi connectivity index (χ3v) is 10.2. The first-order valence-corrected chi connectivity index (χ1v) is 19.6. The van der Waals surface area contributed by atoms with Crippen molar-refractivity contribution in [2.75, 3.05) is 25.7 Å². The Labute approximate surface area is 315 Å². The van der Waals surface area contributed by atoms with Crippen molar-refractivity contribution in [3.8, 4) is 11.5 Å². The van der Waals surface area contributed by atoms with E-state index in [-0.39, 0.29) is 35.4 Å². The molecule has 2 aliphatic carbocycles. The summed E-state index contributed by atoms with van der Waals surface area (Å²) in [5.74, 6) is -11.2. The molecule has 2 saturated carbocycles. The molecule has 2 aromatic heterocycles. The predicted octanol–water partition coefficient (Wildman–Crippen LogP) is 6.91. The van der Waals surface area contributed by atoms with Gasteiger partial charge in [0.05, 0.1) is 40.0 Å². The molecule has 0 atom stereocenters. The lowest BCUT2D eigenvalue weighted by Gasteiger charge is -2.21.